The first kappa shape index (κ1) is 20.6. The number of carbonyl (C=O) groups is 2. The van der Waals surface area contributed by atoms with Crippen LogP contribution in [-0.4, -0.2) is 47.9 Å². The fourth-order valence-electron chi connectivity index (χ4n) is 3.34. The smallest absolute Gasteiger partial charge is 0.350 e. The Balaban J connectivity index is 1.83. The van der Waals surface area contributed by atoms with Gasteiger partial charge in [0.05, 0.1) is 17.1 Å². The van der Waals surface area contributed by atoms with Gasteiger partial charge in [-0.3, -0.25) is 10.1 Å². The van der Waals surface area contributed by atoms with Gasteiger partial charge in [-0.25, -0.2) is 9.59 Å². The number of esters is 2. The zero-order chi connectivity index (χ0) is 21.3. The summed E-state index contributed by atoms with van der Waals surface area (Å²) in [6, 6.07) is 4.61. The average molecular weight is 405 g/mol. The largest absolute Gasteiger partial charge is 0.419 e. The summed E-state index contributed by atoms with van der Waals surface area (Å²) in [5, 5.41) is 14.4. The van der Waals surface area contributed by atoms with Gasteiger partial charge in [0.15, 0.2) is 5.57 Å². The normalized spacial score (nSPS) is 23.9. The van der Waals surface area contributed by atoms with E-state index in [0.29, 0.717) is 24.5 Å². The molecule has 10 heteroatoms. The Morgan fingerprint density at radius 3 is 2.31 bits per heavy atom. The molecule has 0 saturated carbocycles. The number of hydrogen-bond acceptors (Lipinski definition) is 9. The fraction of sp³-hybridized carbons (Fsp3) is 0.474. The molecule has 156 valence electrons. The van der Waals surface area contributed by atoms with E-state index in [-0.39, 0.29) is 23.5 Å². The Bertz CT molecular complexity index is 849. The molecule has 2 unspecified atom stereocenters. The summed E-state index contributed by atoms with van der Waals surface area (Å²) in [6.07, 6.45) is 1.03. The fourth-order valence-corrected chi connectivity index (χ4v) is 3.34. The van der Waals surface area contributed by atoms with E-state index < -0.39 is 22.6 Å². The first-order valence-corrected chi connectivity index (χ1v) is 9.18. The van der Waals surface area contributed by atoms with E-state index in [1.165, 1.54) is 19.9 Å². The Morgan fingerprint density at radius 1 is 1.17 bits per heavy atom. The van der Waals surface area contributed by atoms with Crippen molar-refractivity contribution < 1.29 is 28.7 Å². The van der Waals surface area contributed by atoms with Crippen LogP contribution in [0.4, 0.5) is 17.1 Å². The maximum Gasteiger partial charge on any atom is 0.350 e. The standard InChI is InChI=1S/C19H23N3O7/c1-11-9-21(10-12(2)27-11)15-6-5-13(7-16(15)22(25)26)20-8-14-17(23)28-19(3,4)29-18(14)24/h5-8,11-12,20H,9-10H2,1-4H3. The Morgan fingerprint density at radius 2 is 1.76 bits per heavy atom. The SMILES string of the molecule is CC1CN(c2ccc(NC=C3C(=O)OC(C)(C)OC3=O)cc2[N+](=O)[O-])CC(C)O1. The molecule has 2 fully saturated rings. The minimum absolute atomic E-state index is 0.0477. The highest BCUT2D eigenvalue weighted by Crippen LogP contribution is 2.33. The summed E-state index contributed by atoms with van der Waals surface area (Å²) in [4.78, 5) is 37.0. The number of rotatable bonds is 4. The van der Waals surface area contributed by atoms with Crippen LogP contribution in [0.5, 0.6) is 0 Å². The van der Waals surface area contributed by atoms with Crippen LogP contribution in [0, 0.1) is 10.1 Å². The molecule has 0 bridgehead atoms. The molecule has 2 heterocycles. The average Bonchev–Trinajstić information content (AvgIpc) is 2.59. The molecule has 0 aromatic heterocycles. The third-order valence-corrected chi connectivity index (χ3v) is 4.43. The van der Waals surface area contributed by atoms with Gasteiger partial charge in [-0.15, -0.1) is 0 Å². The van der Waals surface area contributed by atoms with Crippen molar-refractivity contribution in [3.63, 3.8) is 0 Å². The molecule has 1 N–H and O–H groups in total. The summed E-state index contributed by atoms with van der Waals surface area (Å²) in [5.74, 6) is -3.00. The zero-order valence-corrected chi connectivity index (χ0v) is 16.6. The van der Waals surface area contributed by atoms with Crippen LogP contribution in [-0.2, 0) is 23.8 Å². The van der Waals surface area contributed by atoms with Crippen molar-refractivity contribution in [3.05, 3.63) is 40.1 Å². The van der Waals surface area contributed by atoms with Crippen molar-refractivity contribution in [2.45, 2.75) is 45.7 Å². The lowest BCUT2D eigenvalue weighted by Crippen LogP contribution is -2.45. The van der Waals surface area contributed by atoms with E-state index in [1.807, 2.05) is 18.7 Å². The first-order valence-electron chi connectivity index (χ1n) is 9.18. The molecular formula is C19H23N3O7. The summed E-state index contributed by atoms with van der Waals surface area (Å²) >= 11 is 0. The topological polar surface area (TPSA) is 120 Å². The van der Waals surface area contributed by atoms with Crippen LogP contribution in [0.25, 0.3) is 0 Å². The Kier molecular flexibility index (Phi) is 5.47. The molecular weight excluding hydrogens is 382 g/mol. The maximum atomic E-state index is 12.0. The van der Waals surface area contributed by atoms with Gasteiger partial charge in [-0.05, 0) is 26.0 Å². The van der Waals surface area contributed by atoms with Crippen molar-refractivity contribution in [3.8, 4) is 0 Å². The van der Waals surface area contributed by atoms with Crippen molar-refractivity contribution in [1.82, 2.24) is 0 Å². The van der Waals surface area contributed by atoms with Crippen LogP contribution in [0.15, 0.2) is 30.0 Å². The zero-order valence-electron chi connectivity index (χ0n) is 16.6. The van der Waals surface area contributed by atoms with E-state index >= 15 is 0 Å². The van der Waals surface area contributed by atoms with E-state index in [4.69, 9.17) is 14.2 Å². The highest BCUT2D eigenvalue weighted by Gasteiger charge is 2.39. The Labute approximate surface area is 167 Å². The number of ether oxygens (including phenoxy) is 3. The highest BCUT2D eigenvalue weighted by atomic mass is 16.7. The number of nitrogens with one attached hydrogen (secondary N) is 1. The molecule has 0 spiro atoms. The van der Waals surface area contributed by atoms with Crippen LogP contribution < -0.4 is 10.2 Å². The second-order valence-electron chi connectivity index (χ2n) is 7.50. The molecule has 1 aromatic carbocycles. The van der Waals surface area contributed by atoms with Crippen LogP contribution in [0.2, 0.25) is 0 Å². The monoisotopic (exact) mass is 405 g/mol. The van der Waals surface area contributed by atoms with Gasteiger partial charge in [-0.1, -0.05) is 0 Å². The first-order chi connectivity index (χ1) is 13.6. The van der Waals surface area contributed by atoms with Crippen molar-refractivity contribution in [2.24, 2.45) is 0 Å². The Hall–Kier alpha value is -3.14. The van der Waals surface area contributed by atoms with Gasteiger partial charge in [0.25, 0.3) is 11.5 Å². The van der Waals surface area contributed by atoms with Crippen molar-refractivity contribution in [1.29, 1.82) is 0 Å². The lowest BCUT2D eigenvalue weighted by Gasteiger charge is -2.36. The summed E-state index contributed by atoms with van der Waals surface area (Å²) in [5.41, 5.74) is 0.401. The number of anilines is 2. The van der Waals surface area contributed by atoms with Gasteiger partial charge in [0, 0.05) is 44.9 Å². The molecule has 1 aromatic rings. The molecule has 10 nitrogen and oxygen atoms in total. The molecule has 0 aliphatic carbocycles. The van der Waals surface area contributed by atoms with Crippen LogP contribution in [0.1, 0.15) is 27.7 Å². The minimum atomic E-state index is -1.33. The lowest BCUT2D eigenvalue weighted by atomic mass is 10.1. The summed E-state index contributed by atoms with van der Waals surface area (Å²) in [6.45, 7) is 7.80. The van der Waals surface area contributed by atoms with E-state index in [9.17, 15) is 19.7 Å². The van der Waals surface area contributed by atoms with Gasteiger partial charge in [0.1, 0.15) is 5.69 Å². The maximum absolute atomic E-state index is 12.0. The lowest BCUT2D eigenvalue weighted by molar-refractivity contribution is -0.384. The van der Waals surface area contributed by atoms with Gasteiger partial charge in [-0.2, -0.15) is 0 Å². The molecule has 29 heavy (non-hydrogen) atoms. The molecule has 0 amide bonds. The number of cyclic esters (lactones) is 2. The minimum Gasteiger partial charge on any atom is -0.419 e. The summed E-state index contributed by atoms with van der Waals surface area (Å²) in [7, 11) is 0. The molecule has 2 saturated heterocycles. The van der Waals surface area contributed by atoms with Crippen molar-refractivity contribution >= 4 is 29.0 Å². The van der Waals surface area contributed by atoms with E-state index in [1.54, 1.807) is 12.1 Å². The molecule has 3 rings (SSSR count). The third kappa shape index (κ3) is 4.65. The summed E-state index contributed by atoms with van der Waals surface area (Å²) < 4.78 is 15.7. The number of hydrogen-bond donors (Lipinski definition) is 1. The molecule has 2 atom stereocenters. The number of nitro groups is 1. The predicted octanol–water partition coefficient (Wildman–Crippen LogP) is 2.34. The van der Waals surface area contributed by atoms with Gasteiger partial charge < -0.3 is 24.4 Å². The highest BCUT2D eigenvalue weighted by molar-refractivity contribution is 6.15. The van der Waals surface area contributed by atoms with Gasteiger partial charge in [0.2, 0.25) is 0 Å². The molecule has 2 aliphatic rings. The quantitative estimate of drug-likeness (QED) is 0.264. The number of nitrogens with zero attached hydrogens (tertiary/aromatic N) is 2. The van der Waals surface area contributed by atoms with Crippen LogP contribution in [0.3, 0.4) is 0 Å². The number of morpholine rings is 1. The third-order valence-electron chi connectivity index (χ3n) is 4.43. The number of carbonyl (C=O) groups excluding carboxylic acids is 2. The van der Waals surface area contributed by atoms with E-state index in [2.05, 4.69) is 5.32 Å². The predicted molar refractivity (Wildman–Crippen MR) is 103 cm³/mol. The molecule has 0 radical (unpaired) electrons. The number of benzene rings is 1. The second-order valence-corrected chi connectivity index (χ2v) is 7.50. The van der Waals surface area contributed by atoms with Crippen LogP contribution >= 0.6 is 0 Å². The van der Waals surface area contributed by atoms with Crippen molar-refractivity contribution in [2.75, 3.05) is 23.3 Å². The molecule has 2 aliphatic heterocycles. The van der Waals surface area contributed by atoms with Gasteiger partial charge >= 0.3 is 11.9 Å². The van der Waals surface area contributed by atoms with E-state index in [0.717, 1.165) is 6.20 Å². The number of nitro benzene ring substituents is 1. The second kappa shape index (κ2) is 7.70.